The molecule has 9 heteroatoms. The van der Waals surface area contributed by atoms with Gasteiger partial charge in [-0.25, -0.2) is 0 Å². The smallest absolute Gasteiger partial charge is 0.268 e. The van der Waals surface area contributed by atoms with E-state index in [9.17, 15) is 9.90 Å². The average Bonchev–Trinajstić information content (AvgIpc) is 3.34. The fraction of sp³-hybridized carbons (Fsp3) is 0.350. The van der Waals surface area contributed by atoms with Gasteiger partial charge in [-0.3, -0.25) is 4.79 Å². The first-order valence-electron chi connectivity index (χ1n) is 9.08. The highest BCUT2D eigenvalue weighted by Gasteiger charge is 2.16. The number of carbonyl (C=O) groups excluding carboxylic acids is 1. The number of rotatable bonds is 8. The molecule has 0 aliphatic carbocycles. The van der Waals surface area contributed by atoms with E-state index in [1.165, 1.54) is 4.88 Å². The zero-order valence-electron chi connectivity index (χ0n) is 16.4. The van der Waals surface area contributed by atoms with Crippen molar-refractivity contribution < 1.29 is 24.3 Å². The third-order valence-corrected chi connectivity index (χ3v) is 5.18. The SMILES string of the molecule is Cc1ccc(-c2nc(-c3cc(C)c(OCC(O)CNC(=O)CO)c(C)c3)no2)s1. The minimum atomic E-state index is -0.891. The Balaban J connectivity index is 1.69. The van der Waals surface area contributed by atoms with E-state index in [1.54, 1.807) is 11.3 Å². The van der Waals surface area contributed by atoms with E-state index in [2.05, 4.69) is 15.5 Å². The van der Waals surface area contributed by atoms with E-state index in [0.29, 0.717) is 17.5 Å². The van der Waals surface area contributed by atoms with E-state index in [1.807, 2.05) is 45.0 Å². The normalized spacial score (nSPS) is 12.0. The van der Waals surface area contributed by atoms with E-state index in [-0.39, 0.29) is 13.2 Å². The molecule has 0 spiro atoms. The predicted molar refractivity (Wildman–Crippen MR) is 109 cm³/mol. The lowest BCUT2D eigenvalue weighted by molar-refractivity contribution is -0.124. The van der Waals surface area contributed by atoms with Crippen molar-refractivity contribution in [3.05, 3.63) is 40.3 Å². The van der Waals surface area contributed by atoms with Crippen molar-refractivity contribution in [1.29, 1.82) is 0 Å². The van der Waals surface area contributed by atoms with Crippen LogP contribution in [0.1, 0.15) is 16.0 Å². The molecular formula is C20H23N3O5S. The summed E-state index contributed by atoms with van der Waals surface area (Å²) in [5.41, 5.74) is 2.54. The lowest BCUT2D eigenvalue weighted by Gasteiger charge is -2.16. The molecule has 2 aromatic heterocycles. The highest BCUT2D eigenvalue weighted by Crippen LogP contribution is 2.31. The first-order chi connectivity index (χ1) is 13.9. The molecule has 154 valence electrons. The van der Waals surface area contributed by atoms with Crippen molar-refractivity contribution in [2.24, 2.45) is 0 Å². The molecular weight excluding hydrogens is 394 g/mol. The maximum Gasteiger partial charge on any atom is 0.268 e. The summed E-state index contributed by atoms with van der Waals surface area (Å²) in [7, 11) is 0. The summed E-state index contributed by atoms with van der Waals surface area (Å²) in [6.07, 6.45) is -0.891. The van der Waals surface area contributed by atoms with E-state index < -0.39 is 18.6 Å². The van der Waals surface area contributed by atoms with Gasteiger partial charge in [0.25, 0.3) is 5.89 Å². The average molecular weight is 417 g/mol. The second-order valence-electron chi connectivity index (χ2n) is 6.70. The molecule has 8 nitrogen and oxygen atoms in total. The van der Waals surface area contributed by atoms with Crippen LogP contribution in [0.25, 0.3) is 22.2 Å². The van der Waals surface area contributed by atoms with Gasteiger partial charge in [0.1, 0.15) is 25.1 Å². The van der Waals surface area contributed by atoms with Gasteiger partial charge >= 0.3 is 0 Å². The van der Waals surface area contributed by atoms with Gasteiger partial charge in [0, 0.05) is 17.0 Å². The van der Waals surface area contributed by atoms with E-state index in [0.717, 1.165) is 21.6 Å². The first-order valence-corrected chi connectivity index (χ1v) is 9.89. The molecule has 0 saturated carbocycles. The molecule has 29 heavy (non-hydrogen) atoms. The van der Waals surface area contributed by atoms with Gasteiger partial charge in [0.2, 0.25) is 11.7 Å². The number of ether oxygens (including phenoxy) is 1. The Hall–Kier alpha value is -2.75. The molecule has 1 atom stereocenters. The Kier molecular flexibility index (Phi) is 6.63. The second-order valence-corrected chi connectivity index (χ2v) is 7.99. The number of thiophene rings is 1. The highest BCUT2D eigenvalue weighted by atomic mass is 32.1. The molecule has 0 aliphatic rings. The van der Waals surface area contributed by atoms with Crippen molar-refractivity contribution in [2.75, 3.05) is 19.8 Å². The minimum absolute atomic E-state index is 0.00338. The Labute approximate surface area is 172 Å². The monoisotopic (exact) mass is 417 g/mol. The topological polar surface area (TPSA) is 118 Å². The lowest BCUT2D eigenvalue weighted by atomic mass is 10.1. The molecule has 3 rings (SSSR count). The summed E-state index contributed by atoms with van der Waals surface area (Å²) in [4.78, 5) is 17.6. The number of nitrogens with zero attached hydrogens (tertiary/aromatic N) is 2. The van der Waals surface area contributed by atoms with Crippen molar-refractivity contribution in [3.8, 4) is 27.9 Å². The molecule has 1 amide bonds. The van der Waals surface area contributed by atoms with Gasteiger partial charge in [-0.15, -0.1) is 11.3 Å². The number of aliphatic hydroxyl groups excluding tert-OH is 2. The number of aliphatic hydroxyl groups is 2. The number of aromatic nitrogens is 2. The Morgan fingerprint density at radius 1 is 1.28 bits per heavy atom. The molecule has 1 aromatic carbocycles. The number of carbonyl (C=O) groups is 1. The molecule has 0 saturated heterocycles. The van der Waals surface area contributed by atoms with Crippen LogP contribution in [0.4, 0.5) is 0 Å². The zero-order valence-corrected chi connectivity index (χ0v) is 17.2. The molecule has 3 N–H and O–H groups in total. The van der Waals surface area contributed by atoms with Crippen LogP contribution in [-0.4, -0.2) is 52.1 Å². The van der Waals surface area contributed by atoms with Crippen molar-refractivity contribution in [1.82, 2.24) is 15.5 Å². The number of benzene rings is 1. The van der Waals surface area contributed by atoms with E-state index in [4.69, 9.17) is 14.4 Å². The van der Waals surface area contributed by atoms with Crippen LogP contribution < -0.4 is 10.1 Å². The number of aryl methyl sites for hydroxylation is 3. The molecule has 0 fully saturated rings. The van der Waals surface area contributed by atoms with Gasteiger partial charge < -0.3 is 24.8 Å². The maximum atomic E-state index is 11.0. The Morgan fingerprint density at radius 3 is 2.62 bits per heavy atom. The standard InChI is InChI=1S/C20H23N3O5S/c1-11-6-14(19-22-20(28-23-19)16-5-4-13(3)29-16)7-12(2)18(11)27-10-15(25)8-21-17(26)9-24/h4-7,15,24-25H,8-10H2,1-3H3,(H,21,26). The third kappa shape index (κ3) is 5.20. The summed E-state index contributed by atoms with van der Waals surface area (Å²) in [5.74, 6) is 1.09. The fourth-order valence-corrected chi connectivity index (χ4v) is 3.61. The molecule has 2 heterocycles. The molecule has 0 radical (unpaired) electrons. The molecule has 0 bridgehead atoms. The predicted octanol–water partition coefficient (Wildman–Crippen LogP) is 2.24. The summed E-state index contributed by atoms with van der Waals surface area (Å²) in [6.45, 7) is 5.22. The number of hydrogen-bond donors (Lipinski definition) is 3. The number of hydrogen-bond acceptors (Lipinski definition) is 8. The Morgan fingerprint density at radius 2 is 2.00 bits per heavy atom. The van der Waals surface area contributed by atoms with Gasteiger partial charge in [-0.05, 0) is 56.2 Å². The van der Waals surface area contributed by atoms with Crippen LogP contribution in [0.2, 0.25) is 0 Å². The number of nitrogens with one attached hydrogen (secondary N) is 1. The third-order valence-electron chi connectivity index (χ3n) is 4.19. The highest BCUT2D eigenvalue weighted by molar-refractivity contribution is 7.15. The van der Waals surface area contributed by atoms with E-state index >= 15 is 0 Å². The maximum absolute atomic E-state index is 11.0. The van der Waals surface area contributed by atoms with Crippen LogP contribution in [-0.2, 0) is 4.79 Å². The van der Waals surface area contributed by atoms with Crippen LogP contribution in [0.3, 0.4) is 0 Å². The summed E-state index contributed by atoms with van der Waals surface area (Å²) >= 11 is 1.59. The Bertz CT molecular complexity index is 975. The number of amides is 1. The van der Waals surface area contributed by atoms with Crippen molar-refractivity contribution in [3.63, 3.8) is 0 Å². The minimum Gasteiger partial charge on any atom is -0.490 e. The quantitative estimate of drug-likeness (QED) is 0.514. The second kappa shape index (κ2) is 9.17. The van der Waals surface area contributed by atoms with Crippen LogP contribution in [0.5, 0.6) is 5.75 Å². The van der Waals surface area contributed by atoms with Crippen LogP contribution in [0.15, 0.2) is 28.8 Å². The summed E-state index contributed by atoms with van der Waals surface area (Å²) in [5, 5.41) is 25.1. The molecule has 0 aliphatic heterocycles. The van der Waals surface area contributed by atoms with Gasteiger partial charge in [-0.1, -0.05) is 5.16 Å². The molecule has 3 aromatic rings. The molecule has 1 unspecified atom stereocenters. The van der Waals surface area contributed by atoms with Crippen LogP contribution in [0, 0.1) is 20.8 Å². The largest absolute Gasteiger partial charge is 0.490 e. The first kappa shape index (κ1) is 21.0. The zero-order chi connectivity index (χ0) is 21.0. The van der Waals surface area contributed by atoms with Gasteiger partial charge in [0.05, 0.1) is 4.88 Å². The van der Waals surface area contributed by atoms with Crippen molar-refractivity contribution >= 4 is 17.2 Å². The lowest BCUT2D eigenvalue weighted by Crippen LogP contribution is -2.36. The summed E-state index contributed by atoms with van der Waals surface area (Å²) in [6, 6.07) is 7.76. The van der Waals surface area contributed by atoms with Gasteiger partial charge in [-0.2, -0.15) is 4.98 Å². The van der Waals surface area contributed by atoms with Crippen molar-refractivity contribution in [2.45, 2.75) is 26.9 Å². The van der Waals surface area contributed by atoms with Gasteiger partial charge in [0.15, 0.2) is 0 Å². The fourth-order valence-electron chi connectivity index (χ4n) is 2.82. The summed E-state index contributed by atoms with van der Waals surface area (Å²) < 4.78 is 11.1. The van der Waals surface area contributed by atoms with Crippen LogP contribution >= 0.6 is 11.3 Å².